The Morgan fingerprint density at radius 1 is 0.855 bits per heavy atom. The van der Waals surface area contributed by atoms with Crippen molar-refractivity contribution in [2.24, 2.45) is 23.7 Å². The van der Waals surface area contributed by atoms with Crippen LogP contribution in [0.2, 0.25) is 0 Å². The van der Waals surface area contributed by atoms with Crippen molar-refractivity contribution in [1.82, 2.24) is 35.0 Å². The predicted molar refractivity (Wildman–Crippen MR) is 223 cm³/mol. The first-order chi connectivity index (χ1) is 29.0. The van der Waals surface area contributed by atoms with Crippen molar-refractivity contribution >= 4 is 45.4 Å². The molecule has 3 amide bonds. The number of Topliss-reactive ketones (excluding diaryl/α,β-unsaturated/α-hetero) is 1. The van der Waals surface area contributed by atoms with Crippen LogP contribution < -0.4 is 10.6 Å². The van der Waals surface area contributed by atoms with E-state index in [2.05, 4.69) is 15.6 Å². The molecule has 338 valence electrons. The molecule has 2 saturated heterocycles. The van der Waals surface area contributed by atoms with Gasteiger partial charge in [0.05, 0.1) is 41.9 Å². The lowest BCUT2D eigenvalue weighted by molar-refractivity contribution is -0.141. The number of amides is 3. The van der Waals surface area contributed by atoms with E-state index in [0.29, 0.717) is 22.9 Å². The van der Waals surface area contributed by atoms with Gasteiger partial charge in [-0.2, -0.15) is 0 Å². The van der Waals surface area contributed by atoms with Gasteiger partial charge in [-0.25, -0.2) is 31.3 Å². The van der Waals surface area contributed by atoms with Crippen molar-refractivity contribution in [2.75, 3.05) is 20.1 Å². The first-order valence-corrected chi connectivity index (χ1v) is 21.4. The van der Waals surface area contributed by atoms with Crippen LogP contribution in [0.5, 0.6) is 0 Å². The standard InChI is InChI=1S/C45H57F6N7O4/c1-9-25(6)41(60)55-38(24(4)5)43(62)58-22-45(50,51)19-30(58)20-56-36-13-11-28(47)15-35(36)54-40(56)39-33(31-12-10-27(46)14-34(31)53-39)16-29-18-44(48,49)21-57(29)42(61)32(23(2)3)17-37(59)26(7)52-8/h10-15,23-26,29-30,32,38,52-53H,9,16-22H2,1-8H3,(H,55,60)/t25-,26+,29-,30+,32+,38+/m1/s1. The van der Waals surface area contributed by atoms with Crippen LogP contribution in [0.25, 0.3) is 33.5 Å². The Bertz CT molecular complexity index is 2170. The third kappa shape index (κ3) is 9.66. The number of rotatable bonds is 16. The molecule has 6 atom stereocenters. The lowest BCUT2D eigenvalue weighted by Gasteiger charge is -2.32. The number of carbonyl (C=O) groups excluding carboxylic acids is 4. The number of alkyl halides is 4. The number of hydrogen-bond donors (Lipinski definition) is 3. The maximum Gasteiger partial charge on any atom is 0.267 e. The Balaban J connectivity index is 1.44. The maximum atomic E-state index is 15.5. The molecule has 6 rings (SSSR count). The minimum Gasteiger partial charge on any atom is -0.352 e. The number of imidazole rings is 1. The number of nitrogens with zero attached hydrogens (tertiary/aromatic N) is 4. The molecule has 62 heavy (non-hydrogen) atoms. The van der Waals surface area contributed by atoms with E-state index < -0.39 is 103 Å². The predicted octanol–water partition coefficient (Wildman–Crippen LogP) is 7.50. The Morgan fingerprint density at radius 3 is 2.08 bits per heavy atom. The fraction of sp³-hybridized carbons (Fsp3) is 0.578. The van der Waals surface area contributed by atoms with Gasteiger partial charge in [-0.3, -0.25) is 19.2 Å². The Labute approximate surface area is 357 Å². The van der Waals surface area contributed by atoms with Gasteiger partial charge in [0.1, 0.15) is 23.5 Å². The number of nitrogens with one attached hydrogen (secondary N) is 3. The molecule has 0 bridgehead atoms. The molecule has 2 aromatic heterocycles. The zero-order valence-corrected chi connectivity index (χ0v) is 36.4. The molecule has 11 nitrogen and oxygen atoms in total. The summed E-state index contributed by atoms with van der Waals surface area (Å²) in [6.45, 7) is 10.0. The summed E-state index contributed by atoms with van der Waals surface area (Å²) in [7, 11) is 1.61. The van der Waals surface area contributed by atoms with Gasteiger partial charge in [0, 0.05) is 60.7 Å². The Hall–Kier alpha value is -4.93. The third-order valence-electron chi connectivity index (χ3n) is 12.7. The number of ketones is 1. The highest BCUT2D eigenvalue weighted by Gasteiger charge is 2.51. The smallest absolute Gasteiger partial charge is 0.267 e. The number of hydrogen-bond acceptors (Lipinski definition) is 6. The summed E-state index contributed by atoms with van der Waals surface area (Å²) < 4.78 is 93.2. The van der Waals surface area contributed by atoms with E-state index in [4.69, 9.17) is 4.98 Å². The van der Waals surface area contributed by atoms with Crippen LogP contribution in [0.3, 0.4) is 0 Å². The highest BCUT2D eigenvalue weighted by atomic mass is 19.3. The quantitative estimate of drug-likeness (QED) is 0.100. The van der Waals surface area contributed by atoms with Crippen LogP contribution in [-0.2, 0) is 32.1 Å². The normalized spacial score (nSPS) is 20.6. The van der Waals surface area contributed by atoms with Crippen molar-refractivity contribution in [1.29, 1.82) is 0 Å². The molecule has 0 aliphatic carbocycles. The van der Waals surface area contributed by atoms with Gasteiger partial charge < -0.3 is 30.0 Å². The second-order valence-electron chi connectivity index (χ2n) is 18.0. The van der Waals surface area contributed by atoms with Gasteiger partial charge in [-0.15, -0.1) is 0 Å². The highest BCUT2D eigenvalue weighted by molar-refractivity contribution is 5.93. The number of fused-ring (bicyclic) bond motifs is 2. The van der Waals surface area contributed by atoms with Crippen molar-refractivity contribution in [3.63, 3.8) is 0 Å². The average Bonchev–Trinajstić information content (AvgIpc) is 3.92. The van der Waals surface area contributed by atoms with Crippen LogP contribution >= 0.6 is 0 Å². The zero-order chi connectivity index (χ0) is 45.6. The molecule has 2 aromatic carbocycles. The van der Waals surface area contributed by atoms with E-state index in [1.54, 1.807) is 53.2 Å². The fourth-order valence-electron chi connectivity index (χ4n) is 8.76. The molecule has 0 saturated carbocycles. The summed E-state index contributed by atoms with van der Waals surface area (Å²) in [5.41, 5.74) is 1.27. The number of benzene rings is 2. The molecule has 0 radical (unpaired) electrons. The van der Waals surface area contributed by atoms with Gasteiger partial charge in [-0.05, 0) is 74.5 Å². The largest absolute Gasteiger partial charge is 0.352 e. The van der Waals surface area contributed by atoms with Crippen LogP contribution in [0.1, 0.15) is 79.7 Å². The van der Waals surface area contributed by atoms with E-state index in [1.165, 1.54) is 30.3 Å². The second kappa shape index (κ2) is 18.0. The SMILES string of the molecule is CC[C@@H](C)C(=O)N[C@H](C(=O)N1CC(F)(F)C[C@H]1Cn1c(-c2[nH]c3cc(F)ccc3c2C[C@@H]2CC(F)(F)CN2C(=O)[C@@H](CC(=O)[C@H](C)NC)C(C)C)nc2cc(F)ccc21)C(C)C. The number of H-pyrrole nitrogens is 1. The van der Waals surface area contributed by atoms with Crippen LogP contribution in [-0.4, -0.2) is 104 Å². The molecular formula is C45H57F6N7O4. The Morgan fingerprint density at radius 2 is 1.47 bits per heavy atom. The van der Waals surface area contributed by atoms with Crippen molar-refractivity contribution < 1.29 is 45.5 Å². The number of likely N-dealkylation sites (tertiary alicyclic amines) is 2. The topological polar surface area (TPSA) is 132 Å². The number of halogens is 6. The number of carbonyl (C=O) groups is 4. The zero-order valence-electron chi connectivity index (χ0n) is 36.4. The van der Waals surface area contributed by atoms with Crippen molar-refractivity contribution in [2.45, 2.75) is 123 Å². The van der Waals surface area contributed by atoms with Crippen LogP contribution in [0.15, 0.2) is 36.4 Å². The lowest BCUT2D eigenvalue weighted by atomic mass is 9.87. The van der Waals surface area contributed by atoms with E-state index in [0.717, 1.165) is 15.9 Å². The summed E-state index contributed by atoms with van der Waals surface area (Å²) in [5.74, 6) is -11.8. The molecule has 17 heteroatoms. The lowest BCUT2D eigenvalue weighted by Crippen LogP contribution is -2.54. The molecule has 4 aromatic rings. The van der Waals surface area contributed by atoms with Crippen LogP contribution in [0.4, 0.5) is 26.3 Å². The maximum absolute atomic E-state index is 15.5. The molecule has 4 heterocycles. The highest BCUT2D eigenvalue weighted by Crippen LogP contribution is 2.41. The summed E-state index contributed by atoms with van der Waals surface area (Å²) in [5, 5.41) is 6.04. The molecular weight excluding hydrogens is 817 g/mol. The van der Waals surface area contributed by atoms with Gasteiger partial charge in [0.2, 0.25) is 17.7 Å². The first kappa shape index (κ1) is 46.6. The molecule has 0 spiro atoms. The van der Waals surface area contributed by atoms with Crippen molar-refractivity contribution in [3.05, 3.63) is 53.6 Å². The van der Waals surface area contributed by atoms with Gasteiger partial charge >= 0.3 is 0 Å². The minimum atomic E-state index is -3.30. The van der Waals surface area contributed by atoms with Gasteiger partial charge in [0.15, 0.2) is 5.82 Å². The molecule has 2 fully saturated rings. The summed E-state index contributed by atoms with van der Waals surface area (Å²) in [6.07, 6.45) is -1.29. The molecule has 2 aliphatic heterocycles. The van der Waals surface area contributed by atoms with E-state index in [9.17, 15) is 28.0 Å². The number of aromatic amines is 1. The van der Waals surface area contributed by atoms with Crippen LogP contribution in [0, 0.1) is 35.3 Å². The molecule has 2 aliphatic rings. The second-order valence-corrected chi connectivity index (χ2v) is 18.0. The third-order valence-corrected chi connectivity index (χ3v) is 12.7. The number of aromatic nitrogens is 3. The molecule has 3 N–H and O–H groups in total. The number of likely N-dealkylation sites (N-methyl/N-ethyl adjacent to an activating group) is 1. The first-order valence-electron chi connectivity index (χ1n) is 21.4. The van der Waals surface area contributed by atoms with E-state index in [-0.39, 0.29) is 59.5 Å². The van der Waals surface area contributed by atoms with E-state index >= 15 is 17.6 Å². The van der Waals surface area contributed by atoms with Gasteiger partial charge in [0.25, 0.3) is 11.8 Å². The molecule has 0 unspecified atom stereocenters. The van der Waals surface area contributed by atoms with E-state index in [1.807, 2.05) is 6.92 Å². The monoisotopic (exact) mass is 873 g/mol. The fourth-order valence-corrected chi connectivity index (χ4v) is 8.76. The van der Waals surface area contributed by atoms with Gasteiger partial charge in [-0.1, -0.05) is 41.5 Å². The summed E-state index contributed by atoms with van der Waals surface area (Å²) in [4.78, 5) is 64.5. The Kier molecular flexibility index (Phi) is 13.6. The minimum absolute atomic E-state index is 0.0830. The summed E-state index contributed by atoms with van der Waals surface area (Å²) >= 11 is 0. The average molecular weight is 874 g/mol. The van der Waals surface area contributed by atoms with Crippen molar-refractivity contribution in [3.8, 4) is 11.5 Å². The summed E-state index contributed by atoms with van der Waals surface area (Å²) in [6, 6.07) is 3.74.